The fourth-order valence-corrected chi connectivity index (χ4v) is 1.86. The molecule has 1 N–H and O–H groups in total. The molecule has 1 aromatic carbocycles. The second-order valence-electron chi connectivity index (χ2n) is 4.65. The van der Waals surface area contributed by atoms with Gasteiger partial charge in [0.05, 0.1) is 0 Å². The number of carbonyl (C=O) groups excluding carboxylic acids is 1. The predicted octanol–water partition coefficient (Wildman–Crippen LogP) is 3.27. The highest BCUT2D eigenvalue weighted by molar-refractivity contribution is 5.97. The molecule has 114 valence electrons. The fourth-order valence-electron chi connectivity index (χ4n) is 1.86. The van der Waals surface area contributed by atoms with Gasteiger partial charge in [-0.1, -0.05) is 31.2 Å². The maximum atomic E-state index is 12.3. The molecule has 22 heavy (non-hydrogen) atoms. The van der Waals surface area contributed by atoms with Gasteiger partial charge in [0.25, 0.3) is 5.91 Å². The number of amides is 1. The molecule has 0 aliphatic heterocycles. The molecular formula is C18H21N3O. The zero-order valence-corrected chi connectivity index (χ0v) is 12.9. The number of hydrogen-bond donors (Lipinski definition) is 1. The van der Waals surface area contributed by atoms with Crippen LogP contribution in [0.5, 0.6) is 0 Å². The molecule has 0 fully saturated rings. The van der Waals surface area contributed by atoms with Crippen molar-refractivity contribution < 1.29 is 4.79 Å². The fraction of sp³-hybridized carbons (Fsp3) is 0.222. The van der Waals surface area contributed by atoms with Gasteiger partial charge in [0, 0.05) is 25.0 Å². The molecular weight excluding hydrogens is 274 g/mol. The molecule has 0 aliphatic rings. The van der Waals surface area contributed by atoms with Gasteiger partial charge in [0.1, 0.15) is 11.6 Å². The Labute approximate surface area is 132 Å². The standard InChI is InChI=1S/C18H21N3O/c1-4-11-21(12-5-2)18(22)16(13-19)14-20-17-9-7-15(6-3)8-10-17/h4-5,7-10,14,20H,1-2,6,11-12H2,3H3/b16-14-. The Bertz CT molecular complexity index is 584. The summed E-state index contributed by atoms with van der Waals surface area (Å²) in [5.74, 6) is -0.347. The van der Waals surface area contributed by atoms with Crippen LogP contribution in [0.3, 0.4) is 0 Å². The van der Waals surface area contributed by atoms with Crippen LogP contribution in [0.25, 0.3) is 0 Å². The number of nitriles is 1. The van der Waals surface area contributed by atoms with Crippen LogP contribution >= 0.6 is 0 Å². The van der Waals surface area contributed by atoms with Crippen molar-refractivity contribution in [2.75, 3.05) is 18.4 Å². The monoisotopic (exact) mass is 295 g/mol. The number of nitrogens with one attached hydrogen (secondary N) is 1. The number of hydrogen-bond acceptors (Lipinski definition) is 3. The van der Waals surface area contributed by atoms with Gasteiger partial charge in [-0.15, -0.1) is 13.2 Å². The molecule has 4 nitrogen and oxygen atoms in total. The second-order valence-corrected chi connectivity index (χ2v) is 4.65. The van der Waals surface area contributed by atoms with Crippen molar-refractivity contribution in [1.82, 2.24) is 4.90 Å². The predicted molar refractivity (Wildman–Crippen MR) is 90.1 cm³/mol. The summed E-state index contributed by atoms with van der Waals surface area (Å²) in [7, 11) is 0. The van der Waals surface area contributed by atoms with Gasteiger partial charge in [-0.3, -0.25) is 4.79 Å². The Morgan fingerprint density at radius 3 is 2.32 bits per heavy atom. The van der Waals surface area contributed by atoms with Gasteiger partial charge < -0.3 is 10.2 Å². The van der Waals surface area contributed by atoms with E-state index in [1.54, 1.807) is 12.2 Å². The third-order valence-electron chi connectivity index (χ3n) is 3.08. The Hall–Kier alpha value is -2.80. The second kappa shape index (κ2) is 9.19. The number of aryl methyl sites for hydroxylation is 1. The first kappa shape index (κ1) is 17.3. The van der Waals surface area contributed by atoms with Crippen LogP contribution in [0.4, 0.5) is 5.69 Å². The molecule has 0 aliphatic carbocycles. The highest BCUT2D eigenvalue weighted by atomic mass is 16.2. The van der Waals surface area contributed by atoms with Gasteiger partial charge in [0.15, 0.2) is 0 Å². The average Bonchev–Trinajstić information content (AvgIpc) is 2.55. The molecule has 4 heteroatoms. The van der Waals surface area contributed by atoms with Crippen molar-refractivity contribution in [3.05, 3.63) is 66.9 Å². The topological polar surface area (TPSA) is 56.1 Å². The highest BCUT2D eigenvalue weighted by Gasteiger charge is 2.15. The van der Waals surface area contributed by atoms with E-state index in [2.05, 4.69) is 25.4 Å². The van der Waals surface area contributed by atoms with Gasteiger partial charge in [0.2, 0.25) is 0 Å². The summed E-state index contributed by atoms with van der Waals surface area (Å²) in [6, 6.07) is 9.78. The minimum absolute atomic E-state index is 0.0447. The van der Waals surface area contributed by atoms with Gasteiger partial charge in [-0.25, -0.2) is 0 Å². The lowest BCUT2D eigenvalue weighted by atomic mass is 10.1. The smallest absolute Gasteiger partial charge is 0.266 e. The number of rotatable bonds is 8. The number of anilines is 1. The molecule has 1 rings (SSSR count). The average molecular weight is 295 g/mol. The zero-order chi connectivity index (χ0) is 16.4. The first-order valence-electron chi connectivity index (χ1n) is 7.13. The Kier molecular flexibility index (Phi) is 7.21. The van der Waals surface area contributed by atoms with Crippen LogP contribution in [-0.4, -0.2) is 23.9 Å². The number of benzene rings is 1. The molecule has 0 saturated carbocycles. The van der Waals surface area contributed by atoms with Crippen LogP contribution in [0.1, 0.15) is 12.5 Å². The summed E-state index contributed by atoms with van der Waals surface area (Å²) < 4.78 is 0. The summed E-state index contributed by atoms with van der Waals surface area (Å²) in [5, 5.41) is 12.2. The first-order chi connectivity index (χ1) is 10.7. The molecule has 0 atom stereocenters. The third kappa shape index (κ3) is 4.95. The zero-order valence-electron chi connectivity index (χ0n) is 12.9. The largest absolute Gasteiger partial charge is 0.360 e. The Morgan fingerprint density at radius 1 is 1.27 bits per heavy atom. The molecule has 0 saturated heterocycles. The van der Waals surface area contributed by atoms with E-state index in [9.17, 15) is 10.1 Å². The van der Waals surface area contributed by atoms with Crippen molar-refractivity contribution in [3.63, 3.8) is 0 Å². The van der Waals surface area contributed by atoms with E-state index >= 15 is 0 Å². The highest BCUT2D eigenvalue weighted by Crippen LogP contribution is 2.11. The van der Waals surface area contributed by atoms with E-state index < -0.39 is 0 Å². The minimum atomic E-state index is -0.347. The normalized spacial score (nSPS) is 10.5. The summed E-state index contributed by atoms with van der Waals surface area (Å²) in [5.41, 5.74) is 2.11. The van der Waals surface area contributed by atoms with Crippen molar-refractivity contribution >= 4 is 11.6 Å². The number of carbonyl (C=O) groups is 1. The van der Waals surface area contributed by atoms with Crippen LogP contribution in [0.15, 0.2) is 61.3 Å². The molecule has 1 amide bonds. The van der Waals surface area contributed by atoms with Crippen LogP contribution < -0.4 is 5.32 Å². The summed E-state index contributed by atoms with van der Waals surface area (Å²) in [4.78, 5) is 13.8. The van der Waals surface area contributed by atoms with Crippen molar-refractivity contribution in [2.24, 2.45) is 0 Å². The van der Waals surface area contributed by atoms with E-state index in [1.807, 2.05) is 30.3 Å². The Morgan fingerprint density at radius 2 is 1.86 bits per heavy atom. The molecule has 0 spiro atoms. The van der Waals surface area contributed by atoms with E-state index in [0.29, 0.717) is 13.1 Å². The van der Waals surface area contributed by atoms with E-state index in [1.165, 1.54) is 16.7 Å². The number of nitrogens with zero attached hydrogens (tertiary/aromatic N) is 2. The van der Waals surface area contributed by atoms with Gasteiger partial charge in [-0.2, -0.15) is 5.26 Å². The van der Waals surface area contributed by atoms with Crippen molar-refractivity contribution in [1.29, 1.82) is 5.26 Å². The SMILES string of the molecule is C=CCN(CC=C)C(=O)/C(C#N)=C\Nc1ccc(CC)cc1. The molecule has 1 aromatic rings. The Balaban J connectivity index is 2.84. The first-order valence-corrected chi connectivity index (χ1v) is 7.13. The molecule has 0 aromatic heterocycles. The van der Waals surface area contributed by atoms with Crippen molar-refractivity contribution in [2.45, 2.75) is 13.3 Å². The lowest BCUT2D eigenvalue weighted by Crippen LogP contribution is -2.32. The van der Waals surface area contributed by atoms with Gasteiger partial charge >= 0.3 is 0 Å². The molecule has 0 heterocycles. The van der Waals surface area contributed by atoms with Crippen LogP contribution in [0, 0.1) is 11.3 Å². The maximum Gasteiger partial charge on any atom is 0.266 e. The lowest BCUT2D eigenvalue weighted by molar-refractivity contribution is -0.125. The molecule has 0 unspecified atom stereocenters. The minimum Gasteiger partial charge on any atom is -0.360 e. The van der Waals surface area contributed by atoms with E-state index in [4.69, 9.17) is 0 Å². The summed E-state index contributed by atoms with van der Waals surface area (Å²) >= 11 is 0. The summed E-state index contributed by atoms with van der Waals surface area (Å²) in [6.07, 6.45) is 5.64. The van der Waals surface area contributed by atoms with E-state index in [0.717, 1.165) is 12.1 Å². The maximum absolute atomic E-state index is 12.3. The van der Waals surface area contributed by atoms with Crippen molar-refractivity contribution in [3.8, 4) is 6.07 Å². The van der Waals surface area contributed by atoms with Crippen LogP contribution in [0.2, 0.25) is 0 Å². The summed E-state index contributed by atoms with van der Waals surface area (Å²) in [6.45, 7) is 10.1. The third-order valence-corrected chi connectivity index (χ3v) is 3.08. The van der Waals surface area contributed by atoms with Gasteiger partial charge in [-0.05, 0) is 24.1 Å². The molecule has 0 radical (unpaired) electrons. The van der Waals surface area contributed by atoms with Crippen LogP contribution in [-0.2, 0) is 11.2 Å². The quantitative estimate of drug-likeness (QED) is 0.455. The molecule has 0 bridgehead atoms. The lowest BCUT2D eigenvalue weighted by Gasteiger charge is -2.18. The van der Waals surface area contributed by atoms with E-state index in [-0.39, 0.29) is 11.5 Å².